The maximum Gasteiger partial charge on any atom is 0.163 e. The van der Waals surface area contributed by atoms with Gasteiger partial charge in [0.1, 0.15) is 12.5 Å². The molecule has 67 heavy (non-hydrogen) atoms. The smallest absolute Gasteiger partial charge is 0.163 e. The van der Waals surface area contributed by atoms with E-state index in [1.54, 1.807) is 0 Å². The van der Waals surface area contributed by atoms with Crippen LogP contribution in [0, 0.1) is 0 Å². The van der Waals surface area contributed by atoms with E-state index in [-0.39, 0.29) is 10.9 Å². The van der Waals surface area contributed by atoms with E-state index in [1.165, 1.54) is 129 Å². The summed E-state index contributed by atoms with van der Waals surface area (Å²) in [5.41, 5.74) is 17.5. The van der Waals surface area contributed by atoms with Gasteiger partial charge in [-0.2, -0.15) is 0 Å². The molecule has 0 amide bonds. The highest BCUT2D eigenvalue weighted by Gasteiger charge is 2.20. The van der Waals surface area contributed by atoms with Crippen molar-refractivity contribution in [1.82, 2.24) is 0 Å². The predicted octanol–water partition coefficient (Wildman–Crippen LogP) is 18.6. The summed E-state index contributed by atoms with van der Waals surface area (Å²) in [4.78, 5) is 6.19. The van der Waals surface area contributed by atoms with E-state index in [1.807, 2.05) is 0 Å². The lowest BCUT2D eigenvalue weighted by Crippen LogP contribution is -2.12. The van der Waals surface area contributed by atoms with E-state index in [4.69, 9.17) is 0 Å². The van der Waals surface area contributed by atoms with E-state index < -0.39 is 0 Å². The highest BCUT2D eigenvalue weighted by atomic mass is 32.2. The van der Waals surface area contributed by atoms with Crippen molar-refractivity contribution in [2.45, 2.75) is 110 Å². The SMILES string of the molecule is CCCCc1ccc(N(c2ccc(C=Cc3ccc(C=Cc4ccc(N(c5ccc(CCCC)cc5)c5cccc(CCCC)c5)cc4[S+](C)C)cc3)cc2)c2ccc(CCCC)cc2)cc1. The standard InChI is InChI=1S/C64H73N2S/c1-7-11-16-50-29-39-58(40-30-50)65(59-41-31-51(32-42-59)17-12-8-2)60-45-35-55(36-46-60)27-24-53-22-25-54(26-23-53)28-37-57-38-47-63(49-64(57)67(5)6)66(61-43-33-52(34-44-61)18-13-9-3)62-21-15-20-56(48-62)19-14-10-4/h15,20-49H,7-14,16-19H2,1-6H3/q+1. The highest BCUT2D eigenvalue weighted by Crippen LogP contribution is 2.38. The van der Waals surface area contributed by atoms with Crippen molar-refractivity contribution in [2.75, 3.05) is 22.3 Å². The van der Waals surface area contributed by atoms with Crippen LogP contribution in [0.2, 0.25) is 0 Å². The molecule has 0 aromatic heterocycles. The number of nitrogens with zero attached hydrogens (tertiary/aromatic N) is 2. The van der Waals surface area contributed by atoms with Gasteiger partial charge in [0.05, 0.1) is 5.69 Å². The fourth-order valence-corrected chi connectivity index (χ4v) is 9.65. The molecular formula is C64H73N2S+. The maximum atomic E-state index is 2.44. The zero-order chi connectivity index (χ0) is 46.8. The Bertz CT molecular complexity index is 2570. The average molecular weight is 902 g/mol. The molecule has 7 rings (SSSR count). The molecule has 0 aliphatic rings. The second kappa shape index (κ2) is 25.2. The first-order valence-corrected chi connectivity index (χ1v) is 27.1. The van der Waals surface area contributed by atoms with Gasteiger partial charge in [-0.05, 0) is 169 Å². The number of aryl methyl sites for hydroxylation is 4. The van der Waals surface area contributed by atoms with Crippen LogP contribution in [0.3, 0.4) is 0 Å². The van der Waals surface area contributed by atoms with Gasteiger partial charge in [0, 0.05) is 51.0 Å². The average Bonchev–Trinajstić information content (AvgIpc) is 3.37. The van der Waals surface area contributed by atoms with Gasteiger partial charge in [-0.1, -0.05) is 157 Å². The largest absolute Gasteiger partial charge is 0.311 e. The molecule has 0 bridgehead atoms. The molecule has 0 atom stereocenters. The molecule has 0 unspecified atom stereocenters. The van der Waals surface area contributed by atoms with Gasteiger partial charge in [0.15, 0.2) is 4.90 Å². The van der Waals surface area contributed by atoms with Crippen LogP contribution in [0.1, 0.15) is 124 Å². The van der Waals surface area contributed by atoms with Crippen LogP contribution >= 0.6 is 0 Å². The lowest BCUT2D eigenvalue weighted by Gasteiger charge is -2.26. The summed E-state index contributed by atoms with van der Waals surface area (Å²) in [5, 5.41) is 0. The van der Waals surface area contributed by atoms with Gasteiger partial charge in [-0.3, -0.25) is 0 Å². The summed E-state index contributed by atoms with van der Waals surface area (Å²) in [6.45, 7) is 9.05. The molecule has 0 radical (unpaired) electrons. The number of rotatable bonds is 23. The van der Waals surface area contributed by atoms with E-state index in [0.29, 0.717) is 0 Å². The summed E-state index contributed by atoms with van der Waals surface area (Å²) in [5.74, 6) is 0. The van der Waals surface area contributed by atoms with Crippen molar-refractivity contribution in [1.29, 1.82) is 0 Å². The Balaban J connectivity index is 1.07. The first kappa shape index (κ1) is 48.9. The lowest BCUT2D eigenvalue weighted by atomic mass is 10.0. The fourth-order valence-electron chi connectivity index (χ4n) is 8.69. The van der Waals surface area contributed by atoms with Gasteiger partial charge in [-0.25, -0.2) is 0 Å². The van der Waals surface area contributed by atoms with Crippen molar-refractivity contribution in [3.63, 3.8) is 0 Å². The molecule has 0 spiro atoms. The highest BCUT2D eigenvalue weighted by molar-refractivity contribution is 7.95. The number of hydrogen-bond acceptors (Lipinski definition) is 2. The molecule has 3 heteroatoms. The Labute approximate surface area is 407 Å². The number of unbranched alkanes of at least 4 members (excludes halogenated alkanes) is 4. The summed E-state index contributed by atoms with van der Waals surface area (Å²) < 4.78 is 0. The molecule has 0 N–H and O–H groups in total. The third-order valence-electron chi connectivity index (χ3n) is 12.7. The summed E-state index contributed by atoms with van der Waals surface area (Å²) in [6.07, 6.45) is 27.8. The zero-order valence-electron chi connectivity index (χ0n) is 41.2. The third kappa shape index (κ3) is 13.8. The molecule has 0 aliphatic heterocycles. The lowest BCUT2D eigenvalue weighted by molar-refractivity contribution is 0.795. The molecule has 0 saturated carbocycles. The second-order valence-electron chi connectivity index (χ2n) is 18.2. The minimum atomic E-state index is 0.0529. The van der Waals surface area contributed by atoms with Gasteiger partial charge in [0.2, 0.25) is 0 Å². The van der Waals surface area contributed by atoms with Crippen molar-refractivity contribution in [3.05, 3.63) is 208 Å². The molecule has 0 heterocycles. The second-order valence-corrected chi connectivity index (χ2v) is 20.3. The first-order valence-electron chi connectivity index (χ1n) is 25.1. The van der Waals surface area contributed by atoms with Crippen molar-refractivity contribution >= 4 is 69.3 Å². The maximum absolute atomic E-state index is 2.44. The molecule has 7 aromatic rings. The van der Waals surface area contributed by atoms with Crippen LogP contribution in [0.25, 0.3) is 24.3 Å². The van der Waals surface area contributed by atoms with Crippen molar-refractivity contribution in [3.8, 4) is 0 Å². The zero-order valence-corrected chi connectivity index (χ0v) is 42.0. The van der Waals surface area contributed by atoms with Gasteiger partial charge in [0.25, 0.3) is 0 Å². The van der Waals surface area contributed by atoms with Crippen molar-refractivity contribution < 1.29 is 0 Å². The summed E-state index contributed by atoms with van der Waals surface area (Å²) in [7, 11) is 0.0529. The minimum absolute atomic E-state index is 0.0529. The van der Waals surface area contributed by atoms with Gasteiger partial charge in [-0.15, -0.1) is 0 Å². The Morgan fingerprint density at radius 1 is 0.343 bits per heavy atom. The Kier molecular flexibility index (Phi) is 18.4. The van der Waals surface area contributed by atoms with Gasteiger partial charge >= 0.3 is 0 Å². The van der Waals surface area contributed by atoms with Crippen LogP contribution in [-0.4, -0.2) is 12.5 Å². The van der Waals surface area contributed by atoms with E-state index in [9.17, 15) is 0 Å². The molecule has 0 saturated heterocycles. The van der Waals surface area contributed by atoms with E-state index in [0.717, 1.165) is 31.4 Å². The Morgan fingerprint density at radius 2 is 0.687 bits per heavy atom. The predicted molar refractivity (Wildman–Crippen MR) is 298 cm³/mol. The molecular weight excluding hydrogens is 829 g/mol. The van der Waals surface area contributed by atoms with E-state index in [2.05, 4.69) is 238 Å². The molecule has 344 valence electrons. The van der Waals surface area contributed by atoms with Crippen LogP contribution in [0.4, 0.5) is 34.1 Å². The Morgan fingerprint density at radius 3 is 1.10 bits per heavy atom. The number of anilines is 6. The monoisotopic (exact) mass is 902 g/mol. The number of benzene rings is 7. The van der Waals surface area contributed by atoms with Crippen LogP contribution < -0.4 is 9.80 Å². The minimum Gasteiger partial charge on any atom is -0.311 e. The topological polar surface area (TPSA) is 6.48 Å². The normalized spacial score (nSPS) is 11.6. The quantitative estimate of drug-likeness (QED) is 0.0466. The Hall–Kier alpha value is -6.03. The molecule has 0 fully saturated rings. The molecule has 2 nitrogen and oxygen atoms in total. The number of hydrogen-bond donors (Lipinski definition) is 0. The molecule has 0 aliphatic carbocycles. The van der Waals surface area contributed by atoms with E-state index >= 15 is 0 Å². The fraction of sp³-hybridized carbons (Fsp3) is 0.281. The summed E-state index contributed by atoms with van der Waals surface area (Å²) in [6, 6.07) is 61.6. The molecule has 7 aromatic carbocycles. The first-order chi connectivity index (χ1) is 32.8. The third-order valence-corrected chi connectivity index (χ3v) is 14.0. The van der Waals surface area contributed by atoms with Crippen LogP contribution in [0.15, 0.2) is 169 Å². The van der Waals surface area contributed by atoms with Crippen molar-refractivity contribution in [2.24, 2.45) is 0 Å². The van der Waals surface area contributed by atoms with Gasteiger partial charge < -0.3 is 9.80 Å². The van der Waals surface area contributed by atoms with Crippen LogP contribution in [-0.2, 0) is 36.6 Å². The summed E-state index contributed by atoms with van der Waals surface area (Å²) >= 11 is 0. The van der Waals surface area contributed by atoms with Crippen LogP contribution in [0.5, 0.6) is 0 Å².